The SMILES string of the molecule is CCCC1OCCc2ccc3c(c21)CCO3.CCC[C@@H]1OCCc2ccc3c(c21)CCO3.CCC[C@H]1OCCc2ccc3c(c21)CCO3. The summed E-state index contributed by atoms with van der Waals surface area (Å²) in [6.07, 6.45) is 14.2. The lowest BCUT2D eigenvalue weighted by atomic mass is 9.89. The molecule has 0 amide bonds. The summed E-state index contributed by atoms with van der Waals surface area (Å²) in [5.74, 6) is 3.26. The molecule has 48 heavy (non-hydrogen) atoms. The molecule has 3 atom stereocenters. The van der Waals surface area contributed by atoms with E-state index in [0.717, 1.165) is 115 Å². The number of fused-ring (bicyclic) bond motifs is 9. The molecule has 0 fully saturated rings. The van der Waals surface area contributed by atoms with Crippen LogP contribution < -0.4 is 14.2 Å². The summed E-state index contributed by atoms with van der Waals surface area (Å²) in [5, 5.41) is 0. The molecule has 1 unspecified atom stereocenters. The Balaban J connectivity index is 0.000000114. The molecule has 0 spiro atoms. The Morgan fingerprint density at radius 3 is 1.02 bits per heavy atom. The molecule has 6 aliphatic rings. The molecule has 0 saturated carbocycles. The fourth-order valence-corrected chi connectivity index (χ4v) is 8.56. The van der Waals surface area contributed by atoms with Gasteiger partial charge in [0.15, 0.2) is 0 Å². The molecular formula is C42H54O6. The van der Waals surface area contributed by atoms with Gasteiger partial charge < -0.3 is 28.4 Å². The first-order valence-corrected chi connectivity index (χ1v) is 18.9. The van der Waals surface area contributed by atoms with Gasteiger partial charge in [-0.1, -0.05) is 58.2 Å². The van der Waals surface area contributed by atoms with E-state index in [1.165, 1.54) is 69.3 Å². The Kier molecular flexibility index (Phi) is 10.9. The summed E-state index contributed by atoms with van der Waals surface area (Å²) < 4.78 is 34.6. The maximum absolute atomic E-state index is 5.91. The van der Waals surface area contributed by atoms with Crippen LogP contribution in [-0.2, 0) is 52.7 Å². The number of benzene rings is 3. The molecule has 258 valence electrons. The van der Waals surface area contributed by atoms with Crippen LogP contribution in [0.15, 0.2) is 36.4 Å². The number of ether oxygens (including phenoxy) is 6. The van der Waals surface area contributed by atoms with E-state index in [1.807, 2.05) is 0 Å². The van der Waals surface area contributed by atoms with Crippen molar-refractivity contribution in [2.45, 2.75) is 116 Å². The molecule has 0 N–H and O–H groups in total. The number of hydrogen-bond donors (Lipinski definition) is 0. The zero-order valence-electron chi connectivity index (χ0n) is 29.4. The van der Waals surface area contributed by atoms with Crippen molar-refractivity contribution in [3.8, 4) is 17.2 Å². The molecule has 3 aromatic carbocycles. The van der Waals surface area contributed by atoms with Gasteiger partial charge in [0, 0.05) is 36.0 Å². The minimum atomic E-state index is 0.311. The van der Waals surface area contributed by atoms with Crippen molar-refractivity contribution in [1.29, 1.82) is 0 Å². The second kappa shape index (κ2) is 15.7. The average molecular weight is 655 g/mol. The van der Waals surface area contributed by atoms with Crippen molar-refractivity contribution in [2.24, 2.45) is 0 Å². The Hall–Kier alpha value is -3.06. The summed E-state index contributed by atoms with van der Waals surface area (Å²) in [4.78, 5) is 0. The Labute approximate surface area is 287 Å². The minimum Gasteiger partial charge on any atom is -0.493 e. The third-order valence-electron chi connectivity index (χ3n) is 10.7. The van der Waals surface area contributed by atoms with Gasteiger partial charge in [-0.05, 0) is 90.1 Å². The van der Waals surface area contributed by atoms with Crippen LogP contribution in [0, 0.1) is 0 Å². The van der Waals surface area contributed by atoms with Crippen LogP contribution in [0.25, 0.3) is 0 Å². The molecule has 6 heterocycles. The van der Waals surface area contributed by atoms with Crippen LogP contribution in [-0.4, -0.2) is 39.6 Å². The molecule has 3 aromatic rings. The van der Waals surface area contributed by atoms with Gasteiger partial charge in [-0.2, -0.15) is 0 Å². The topological polar surface area (TPSA) is 55.4 Å². The normalized spacial score (nSPS) is 22.4. The molecule has 6 heteroatoms. The van der Waals surface area contributed by atoms with E-state index in [-0.39, 0.29) is 0 Å². The predicted molar refractivity (Wildman–Crippen MR) is 189 cm³/mol. The van der Waals surface area contributed by atoms with Gasteiger partial charge in [0.1, 0.15) is 17.2 Å². The molecule has 0 aliphatic carbocycles. The fourth-order valence-electron chi connectivity index (χ4n) is 8.56. The smallest absolute Gasteiger partial charge is 0.123 e. The van der Waals surface area contributed by atoms with E-state index in [9.17, 15) is 0 Å². The van der Waals surface area contributed by atoms with E-state index >= 15 is 0 Å². The molecule has 0 radical (unpaired) electrons. The summed E-state index contributed by atoms with van der Waals surface area (Å²) in [6, 6.07) is 13.1. The lowest BCUT2D eigenvalue weighted by Crippen LogP contribution is -2.17. The van der Waals surface area contributed by atoms with Crippen molar-refractivity contribution >= 4 is 0 Å². The first-order chi connectivity index (χ1) is 23.7. The molecule has 6 nitrogen and oxygen atoms in total. The fraction of sp³-hybridized carbons (Fsp3) is 0.571. The van der Waals surface area contributed by atoms with Crippen molar-refractivity contribution in [3.63, 3.8) is 0 Å². The van der Waals surface area contributed by atoms with Gasteiger partial charge in [-0.15, -0.1) is 0 Å². The Morgan fingerprint density at radius 1 is 0.417 bits per heavy atom. The maximum atomic E-state index is 5.91. The monoisotopic (exact) mass is 654 g/mol. The molecule has 0 saturated heterocycles. The highest BCUT2D eigenvalue weighted by Gasteiger charge is 2.30. The number of hydrogen-bond acceptors (Lipinski definition) is 6. The largest absolute Gasteiger partial charge is 0.493 e. The quantitative estimate of drug-likeness (QED) is 0.264. The van der Waals surface area contributed by atoms with E-state index in [2.05, 4.69) is 57.2 Å². The van der Waals surface area contributed by atoms with E-state index in [0.29, 0.717) is 18.3 Å². The zero-order chi connectivity index (χ0) is 32.9. The van der Waals surface area contributed by atoms with Crippen LogP contribution in [0.1, 0.15) is 128 Å². The van der Waals surface area contributed by atoms with Crippen molar-refractivity contribution in [2.75, 3.05) is 39.6 Å². The van der Waals surface area contributed by atoms with Crippen molar-refractivity contribution < 1.29 is 28.4 Å². The van der Waals surface area contributed by atoms with E-state index in [4.69, 9.17) is 28.4 Å². The lowest BCUT2D eigenvalue weighted by molar-refractivity contribution is 0.0354. The van der Waals surface area contributed by atoms with Gasteiger partial charge in [-0.3, -0.25) is 0 Å². The predicted octanol–water partition coefficient (Wildman–Crippen LogP) is 9.11. The van der Waals surface area contributed by atoms with Crippen molar-refractivity contribution in [3.05, 3.63) is 86.5 Å². The molecule has 6 aliphatic heterocycles. The first kappa shape index (κ1) is 33.4. The summed E-state index contributed by atoms with van der Waals surface area (Å²) in [7, 11) is 0. The minimum absolute atomic E-state index is 0.311. The third kappa shape index (κ3) is 6.86. The van der Waals surface area contributed by atoms with Crippen LogP contribution >= 0.6 is 0 Å². The van der Waals surface area contributed by atoms with Crippen LogP contribution in [0.2, 0.25) is 0 Å². The van der Waals surface area contributed by atoms with Crippen LogP contribution in [0.5, 0.6) is 17.2 Å². The third-order valence-corrected chi connectivity index (χ3v) is 10.7. The molecule has 9 rings (SSSR count). The highest BCUT2D eigenvalue weighted by Crippen LogP contribution is 2.42. The zero-order valence-corrected chi connectivity index (χ0v) is 29.4. The van der Waals surface area contributed by atoms with Gasteiger partial charge in [0.05, 0.1) is 58.0 Å². The van der Waals surface area contributed by atoms with Gasteiger partial charge >= 0.3 is 0 Å². The Bertz CT molecular complexity index is 1380. The molecule has 0 bridgehead atoms. The summed E-state index contributed by atoms with van der Waals surface area (Å²) in [6.45, 7) is 11.8. The van der Waals surface area contributed by atoms with Crippen LogP contribution in [0.4, 0.5) is 0 Å². The second-order valence-corrected chi connectivity index (χ2v) is 13.8. The maximum Gasteiger partial charge on any atom is 0.123 e. The summed E-state index contributed by atoms with van der Waals surface area (Å²) in [5.41, 5.74) is 13.0. The standard InChI is InChI=1S/3C14H18O2/c3*1-2-3-13-14-10(6-8-16-13)4-5-12-11(14)7-9-15-12/h3*4-5,13H,2-3,6-9H2,1H3/t2*13-;/m10./s1. The second-order valence-electron chi connectivity index (χ2n) is 13.8. The summed E-state index contributed by atoms with van der Waals surface area (Å²) >= 11 is 0. The first-order valence-electron chi connectivity index (χ1n) is 18.9. The highest BCUT2D eigenvalue weighted by molar-refractivity contribution is 5.51. The molecule has 0 aromatic heterocycles. The van der Waals surface area contributed by atoms with Gasteiger partial charge in [-0.25, -0.2) is 0 Å². The lowest BCUT2D eigenvalue weighted by Gasteiger charge is -2.27. The van der Waals surface area contributed by atoms with Gasteiger partial charge in [0.25, 0.3) is 0 Å². The average Bonchev–Trinajstić information content (AvgIpc) is 3.91. The number of rotatable bonds is 6. The van der Waals surface area contributed by atoms with E-state index < -0.39 is 0 Å². The molecular weight excluding hydrogens is 600 g/mol. The van der Waals surface area contributed by atoms with E-state index in [1.54, 1.807) is 0 Å². The highest BCUT2D eigenvalue weighted by atomic mass is 16.5. The Morgan fingerprint density at radius 2 is 0.729 bits per heavy atom. The van der Waals surface area contributed by atoms with Crippen LogP contribution in [0.3, 0.4) is 0 Å². The van der Waals surface area contributed by atoms with Gasteiger partial charge in [0.2, 0.25) is 0 Å². The van der Waals surface area contributed by atoms with Crippen molar-refractivity contribution in [1.82, 2.24) is 0 Å².